The summed E-state index contributed by atoms with van der Waals surface area (Å²) in [6.45, 7) is 4.85. The Morgan fingerprint density at radius 2 is 2.14 bits per heavy atom. The van der Waals surface area contributed by atoms with Crippen LogP contribution in [0.2, 0.25) is 0 Å². The Kier molecular flexibility index (Phi) is 4.93. The number of nitrogens with zero attached hydrogens (tertiary/aromatic N) is 2. The van der Waals surface area contributed by atoms with E-state index in [4.69, 9.17) is 4.98 Å². The lowest BCUT2D eigenvalue weighted by Crippen LogP contribution is -2.24. The Morgan fingerprint density at radius 3 is 2.86 bits per heavy atom. The fourth-order valence-corrected chi connectivity index (χ4v) is 4.81. The van der Waals surface area contributed by atoms with Gasteiger partial charge in [0.15, 0.2) is 5.16 Å². The summed E-state index contributed by atoms with van der Waals surface area (Å²) in [5.41, 5.74) is 2.46. The molecule has 1 aliphatic rings. The van der Waals surface area contributed by atoms with Crippen molar-refractivity contribution < 1.29 is 0 Å². The molecule has 1 aromatic carbocycles. The lowest BCUT2D eigenvalue weighted by atomic mass is 10.2. The van der Waals surface area contributed by atoms with Crippen LogP contribution in [-0.4, -0.2) is 20.6 Å². The lowest BCUT2D eigenvalue weighted by Gasteiger charge is -2.11. The predicted octanol–water partition coefficient (Wildman–Crippen LogP) is 3.63. The Morgan fingerprint density at radius 1 is 1.36 bits per heavy atom. The van der Waals surface area contributed by atoms with Crippen LogP contribution in [0.4, 0.5) is 0 Å². The number of thioether (sulfide) groups is 2. The van der Waals surface area contributed by atoms with E-state index in [2.05, 4.69) is 31.2 Å². The van der Waals surface area contributed by atoms with Crippen LogP contribution in [0.25, 0.3) is 0 Å². The Balaban J connectivity index is 1.78. The predicted molar refractivity (Wildman–Crippen MR) is 94.1 cm³/mol. The van der Waals surface area contributed by atoms with Crippen LogP contribution in [-0.2, 0) is 19.4 Å². The fourth-order valence-electron chi connectivity index (χ4n) is 2.63. The van der Waals surface area contributed by atoms with Gasteiger partial charge in [0.05, 0.1) is 10.6 Å². The average molecular weight is 332 g/mol. The lowest BCUT2D eigenvalue weighted by molar-refractivity contribution is 0.595. The normalized spacial score (nSPS) is 16.7. The standard InChI is InChI=1S/C17H20N2OS2/c1-3-19-16(20)15-14(11-12(2)22-15)18-17(19)21-10-9-13-7-5-4-6-8-13/h4-8,12H,3,9-11H2,1-2H3. The van der Waals surface area contributed by atoms with Gasteiger partial charge < -0.3 is 0 Å². The zero-order valence-corrected chi connectivity index (χ0v) is 14.5. The monoisotopic (exact) mass is 332 g/mol. The Hall–Kier alpha value is -1.20. The fraction of sp³-hybridized carbons (Fsp3) is 0.412. The highest BCUT2D eigenvalue weighted by Crippen LogP contribution is 2.34. The van der Waals surface area contributed by atoms with Crippen molar-refractivity contribution in [2.45, 2.75) is 48.5 Å². The van der Waals surface area contributed by atoms with Gasteiger partial charge in [0.1, 0.15) is 0 Å². The van der Waals surface area contributed by atoms with Crippen molar-refractivity contribution in [3.8, 4) is 0 Å². The molecule has 116 valence electrons. The van der Waals surface area contributed by atoms with Crippen molar-refractivity contribution in [2.75, 3.05) is 5.75 Å². The van der Waals surface area contributed by atoms with E-state index in [0.29, 0.717) is 11.8 Å². The zero-order valence-electron chi connectivity index (χ0n) is 12.9. The van der Waals surface area contributed by atoms with E-state index in [1.54, 1.807) is 23.5 Å². The van der Waals surface area contributed by atoms with Crippen molar-refractivity contribution in [2.24, 2.45) is 0 Å². The molecule has 1 atom stereocenters. The molecule has 0 fully saturated rings. The zero-order chi connectivity index (χ0) is 15.5. The summed E-state index contributed by atoms with van der Waals surface area (Å²) < 4.78 is 1.82. The second kappa shape index (κ2) is 6.92. The number of aryl methyl sites for hydroxylation is 1. The number of aromatic nitrogens is 2. The van der Waals surface area contributed by atoms with E-state index in [0.717, 1.165) is 34.3 Å². The summed E-state index contributed by atoms with van der Waals surface area (Å²) in [7, 11) is 0. The molecule has 0 radical (unpaired) electrons. The van der Waals surface area contributed by atoms with Crippen LogP contribution in [0, 0.1) is 0 Å². The maximum Gasteiger partial charge on any atom is 0.268 e. The smallest absolute Gasteiger partial charge is 0.268 e. The molecule has 5 heteroatoms. The molecule has 3 nitrogen and oxygen atoms in total. The molecular weight excluding hydrogens is 312 g/mol. The molecule has 3 rings (SSSR count). The molecule has 0 N–H and O–H groups in total. The van der Waals surface area contributed by atoms with Crippen LogP contribution < -0.4 is 5.56 Å². The molecule has 1 unspecified atom stereocenters. The van der Waals surface area contributed by atoms with Crippen molar-refractivity contribution in [1.82, 2.24) is 9.55 Å². The van der Waals surface area contributed by atoms with Gasteiger partial charge in [-0.2, -0.15) is 0 Å². The van der Waals surface area contributed by atoms with Gasteiger partial charge in [0, 0.05) is 24.0 Å². The number of benzene rings is 1. The third-order valence-electron chi connectivity index (χ3n) is 3.74. The van der Waals surface area contributed by atoms with Gasteiger partial charge in [0.25, 0.3) is 5.56 Å². The van der Waals surface area contributed by atoms with E-state index in [-0.39, 0.29) is 5.56 Å². The van der Waals surface area contributed by atoms with Gasteiger partial charge in [-0.05, 0) is 18.9 Å². The highest BCUT2D eigenvalue weighted by Gasteiger charge is 2.25. The van der Waals surface area contributed by atoms with Crippen molar-refractivity contribution in [1.29, 1.82) is 0 Å². The summed E-state index contributed by atoms with van der Waals surface area (Å²) in [6.07, 6.45) is 1.90. The molecule has 0 aliphatic carbocycles. The second-order valence-corrected chi connectivity index (χ2v) is 7.95. The van der Waals surface area contributed by atoms with Crippen LogP contribution in [0.15, 0.2) is 45.2 Å². The number of hydrogen-bond acceptors (Lipinski definition) is 4. The topological polar surface area (TPSA) is 34.9 Å². The van der Waals surface area contributed by atoms with Gasteiger partial charge >= 0.3 is 0 Å². The third-order valence-corrected chi connectivity index (χ3v) is 5.94. The van der Waals surface area contributed by atoms with Gasteiger partial charge in [-0.3, -0.25) is 9.36 Å². The maximum absolute atomic E-state index is 12.6. The molecule has 1 aromatic heterocycles. The Bertz CT molecular complexity index is 713. The van der Waals surface area contributed by atoms with Crippen molar-refractivity contribution in [3.05, 3.63) is 51.9 Å². The summed E-state index contributed by atoms with van der Waals surface area (Å²) in [5, 5.41) is 1.34. The summed E-state index contributed by atoms with van der Waals surface area (Å²) in [4.78, 5) is 18.2. The van der Waals surface area contributed by atoms with E-state index in [1.165, 1.54) is 5.56 Å². The minimum atomic E-state index is 0.143. The van der Waals surface area contributed by atoms with E-state index >= 15 is 0 Å². The first-order valence-corrected chi connectivity index (χ1v) is 9.52. The van der Waals surface area contributed by atoms with Gasteiger partial charge in [-0.1, -0.05) is 49.0 Å². The highest BCUT2D eigenvalue weighted by atomic mass is 32.2. The molecule has 0 saturated carbocycles. The van der Waals surface area contributed by atoms with Crippen molar-refractivity contribution in [3.63, 3.8) is 0 Å². The molecule has 0 saturated heterocycles. The van der Waals surface area contributed by atoms with Gasteiger partial charge in [-0.25, -0.2) is 4.98 Å². The first-order chi connectivity index (χ1) is 10.7. The third kappa shape index (κ3) is 3.25. The van der Waals surface area contributed by atoms with E-state index < -0.39 is 0 Å². The molecule has 2 heterocycles. The number of hydrogen-bond donors (Lipinski definition) is 0. The summed E-state index contributed by atoms with van der Waals surface area (Å²) in [5.74, 6) is 0.942. The minimum absolute atomic E-state index is 0.143. The molecule has 2 aromatic rings. The molecule has 22 heavy (non-hydrogen) atoms. The summed E-state index contributed by atoms with van der Waals surface area (Å²) in [6, 6.07) is 10.4. The van der Waals surface area contributed by atoms with E-state index in [1.807, 2.05) is 17.6 Å². The Labute approximate surface area is 139 Å². The van der Waals surface area contributed by atoms with Gasteiger partial charge in [-0.15, -0.1) is 11.8 Å². The van der Waals surface area contributed by atoms with Crippen LogP contribution in [0.3, 0.4) is 0 Å². The molecule has 0 spiro atoms. The van der Waals surface area contributed by atoms with Crippen molar-refractivity contribution >= 4 is 23.5 Å². The first-order valence-electron chi connectivity index (χ1n) is 7.66. The minimum Gasteiger partial charge on any atom is -0.287 e. The van der Waals surface area contributed by atoms with Crippen LogP contribution >= 0.6 is 23.5 Å². The molecular formula is C17H20N2OS2. The quantitative estimate of drug-likeness (QED) is 0.618. The average Bonchev–Trinajstić information content (AvgIpc) is 2.89. The molecule has 0 amide bonds. The molecule has 0 bridgehead atoms. The largest absolute Gasteiger partial charge is 0.287 e. The van der Waals surface area contributed by atoms with Crippen LogP contribution in [0.5, 0.6) is 0 Å². The maximum atomic E-state index is 12.6. The summed E-state index contributed by atoms with van der Waals surface area (Å²) >= 11 is 3.36. The van der Waals surface area contributed by atoms with E-state index in [9.17, 15) is 4.79 Å². The van der Waals surface area contributed by atoms with Gasteiger partial charge in [0.2, 0.25) is 0 Å². The SMILES string of the molecule is CCn1c(SCCc2ccccc2)nc2c(c1=O)SC(C)C2. The highest BCUT2D eigenvalue weighted by molar-refractivity contribution is 8.00. The van der Waals surface area contributed by atoms with Crippen LogP contribution in [0.1, 0.15) is 25.1 Å². The molecule has 1 aliphatic heterocycles. The second-order valence-electron chi connectivity index (χ2n) is 5.44. The first kappa shape index (κ1) is 15.7. The number of rotatable bonds is 5. The number of fused-ring (bicyclic) bond motifs is 1.